The van der Waals surface area contributed by atoms with Crippen LogP contribution in [-0.2, 0) is 0 Å². The molecule has 1 aromatic rings. The SMILES string of the molecule is CCCCN(CCCC)c1nc(NC2CC(C)(C)N(C)C(C)(C)C2)nc(N(CCCC)CCCC)n1. The van der Waals surface area contributed by atoms with E-state index < -0.39 is 0 Å². The minimum absolute atomic E-state index is 0.112. The Labute approximate surface area is 222 Å². The fourth-order valence-electron chi connectivity index (χ4n) is 5.38. The van der Waals surface area contributed by atoms with Gasteiger partial charge in [-0.2, -0.15) is 15.0 Å². The van der Waals surface area contributed by atoms with E-state index in [2.05, 4.69) is 82.5 Å². The van der Waals surface area contributed by atoms with Crippen LogP contribution in [0.4, 0.5) is 17.8 Å². The van der Waals surface area contributed by atoms with Gasteiger partial charge in [-0.15, -0.1) is 0 Å². The minimum atomic E-state index is 0.112. The molecule has 2 rings (SSSR count). The van der Waals surface area contributed by atoms with Crippen molar-refractivity contribution < 1.29 is 0 Å². The Morgan fingerprint density at radius 3 is 1.39 bits per heavy atom. The number of hydrogen-bond acceptors (Lipinski definition) is 7. The lowest BCUT2D eigenvalue weighted by atomic mass is 9.77. The predicted molar refractivity (Wildman–Crippen MR) is 156 cm³/mol. The predicted octanol–water partition coefficient (Wildman–Crippen LogP) is 6.75. The van der Waals surface area contributed by atoms with Gasteiger partial charge in [0.1, 0.15) is 0 Å². The lowest BCUT2D eigenvalue weighted by Gasteiger charge is -2.53. The van der Waals surface area contributed by atoms with E-state index in [1.165, 1.54) is 25.7 Å². The first-order valence-electron chi connectivity index (χ1n) is 14.8. The lowest BCUT2D eigenvalue weighted by Crippen LogP contribution is -2.61. The summed E-state index contributed by atoms with van der Waals surface area (Å²) in [4.78, 5) is 22.5. The molecule has 1 aromatic heterocycles. The molecule has 0 saturated carbocycles. The average molecular weight is 504 g/mol. The summed E-state index contributed by atoms with van der Waals surface area (Å²) in [5.74, 6) is 2.43. The molecule has 7 nitrogen and oxygen atoms in total. The molecule has 0 spiro atoms. The smallest absolute Gasteiger partial charge is 0.231 e. The number of anilines is 3. The summed E-state index contributed by atoms with van der Waals surface area (Å²) in [5, 5.41) is 3.79. The van der Waals surface area contributed by atoms with Crippen molar-refractivity contribution in [1.82, 2.24) is 19.9 Å². The molecule has 0 radical (unpaired) electrons. The first-order chi connectivity index (χ1) is 17.1. The van der Waals surface area contributed by atoms with Crippen LogP contribution in [-0.4, -0.2) is 70.2 Å². The zero-order valence-electron chi connectivity index (χ0n) is 25.2. The van der Waals surface area contributed by atoms with Gasteiger partial charge in [0.05, 0.1) is 0 Å². The van der Waals surface area contributed by atoms with Crippen LogP contribution in [0.1, 0.15) is 120 Å². The van der Waals surface area contributed by atoms with Gasteiger partial charge in [0.2, 0.25) is 17.8 Å². The third-order valence-electron chi connectivity index (χ3n) is 7.94. The van der Waals surface area contributed by atoms with Crippen molar-refractivity contribution in [3.05, 3.63) is 0 Å². The van der Waals surface area contributed by atoms with E-state index in [0.717, 1.165) is 82.5 Å². The van der Waals surface area contributed by atoms with Crippen LogP contribution in [0.3, 0.4) is 0 Å². The Balaban J connectivity index is 2.44. The molecule has 7 heteroatoms. The summed E-state index contributed by atoms with van der Waals surface area (Å²) in [7, 11) is 2.26. The molecule has 0 aromatic carbocycles. The molecule has 0 bridgehead atoms. The topological polar surface area (TPSA) is 60.4 Å². The molecule has 1 aliphatic rings. The third-order valence-corrected chi connectivity index (χ3v) is 7.94. The van der Waals surface area contributed by atoms with Crippen LogP contribution in [0.15, 0.2) is 0 Å². The maximum absolute atomic E-state index is 5.09. The lowest BCUT2D eigenvalue weighted by molar-refractivity contribution is -0.00778. The van der Waals surface area contributed by atoms with Crippen molar-refractivity contribution in [2.45, 2.75) is 137 Å². The van der Waals surface area contributed by atoms with Gasteiger partial charge in [0, 0.05) is 43.3 Å². The monoisotopic (exact) mass is 503 g/mol. The Kier molecular flexibility index (Phi) is 12.2. The van der Waals surface area contributed by atoms with Crippen molar-refractivity contribution in [3.63, 3.8) is 0 Å². The van der Waals surface area contributed by atoms with Gasteiger partial charge in [0.15, 0.2) is 0 Å². The second-order valence-electron chi connectivity index (χ2n) is 12.1. The third kappa shape index (κ3) is 8.74. The number of nitrogens with one attached hydrogen (secondary N) is 1. The molecular formula is C29H57N7. The minimum Gasteiger partial charge on any atom is -0.351 e. The number of piperidine rings is 1. The van der Waals surface area contributed by atoms with Crippen LogP contribution >= 0.6 is 0 Å². The first-order valence-corrected chi connectivity index (χ1v) is 14.8. The summed E-state index contributed by atoms with van der Waals surface area (Å²) >= 11 is 0. The molecule has 1 aliphatic heterocycles. The van der Waals surface area contributed by atoms with E-state index in [1.807, 2.05) is 0 Å². The summed E-state index contributed by atoms with van der Waals surface area (Å²) in [6.45, 7) is 22.4. The second-order valence-corrected chi connectivity index (χ2v) is 12.1. The average Bonchev–Trinajstić information content (AvgIpc) is 2.82. The molecule has 1 N–H and O–H groups in total. The summed E-state index contributed by atoms with van der Waals surface area (Å²) in [5.41, 5.74) is 0.224. The van der Waals surface area contributed by atoms with E-state index in [4.69, 9.17) is 15.0 Å². The fraction of sp³-hybridized carbons (Fsp3) is 0.897. The van der Waals surface area contributed by atoms with E-state index in [1.54, 1.807) is 0 Å². The van der Waals surface area contributed by atoms with Crippen molar-refractivity contribution in [1.29, 1.82) is 0 Å². The summed E-state index contributed by atoms with van der Waals surface area (Å²) < 4.78 is 0. The highest BCUT2D eigenvalue weighted by Gasteiger charge is 2.43. The highest BCUT2D eigenvalue weighted by atomic mass is 15.4. The van der Waals surface area contributed by atoms with Gasteiger partial charge >= 0.3 is 0 Å². The van der Waals surface area contributed by atoms with Gasteiger partial charge in [0.25, 0.3) is 0 Å². The number of likely N-dealkylation sites (tertiary alicyclic amines) is 1. The standard InChI is InChI=1S/C29H57N7/c1-10-14-18-35(19-15-11-2)26-31-25(30-24-22-28(5,6)34(9)29(7,8)23-24)32-27(33-26)36(20-16-12-3)21-17-13-4/h24H,10-23H2,1-9H3,(H,30,31,32,33). The first kappa shape index (κ1) is 30.6. The van der Waals surface area contributed by atoms with E-state index in [-0.39, 0.29) is 11.1 Å². The number of hydrogen-bond donors (Lipinski definition) is 1. The van der Waals surface area contributed by atoms with Crippen LogP contribution in [0, 0.1) is 0 Å². The molecule has 0 amide bonds. The Hall–Kier alpha value is -1.63. The molecule has 0 atom stereocenters. The highest BCUT2D eigenvalue weighted by Crippen LogP contribution is 2.38. The van der Waals surface area contributed by atoms with Gasteiger partial charge in [-0.3, -0.25) is 4.90 Å². The Bertz CT molecular complexity index is 692. The van der Waals surface area contributed by atoms with E-state index in [9.17, 15) is 0 Å². The Morgan fingerprint density at radius 2 is 1.06 bits per heavy atom. The molecule has 1 saturated heterocycles. The highest BCUT2D eigenvalue weighted by molar-refractivity contribution is 5.46. The van der Waals surface area contributed by atoms with Gasteiger partial charge < -0.3 is 15.1 Å². The van der Waals surface area contributed by atoms with Crippen molar-refractivity contribution in [2.75, 3.05) is 48.3 Å². The van der Waals surface area contributed by atoms with Crippen molar-refractivity contribution in [3.8, 4) is 0 Å². The number of unbranched alkanes of at least 4 members (excludes halogenated alkanes) is 4. The zero-order valence-corrected chi connectivity index (χ0v) is 25.2. The summed E-state index contributed by atoms with van der Waals surface area (Å²) in [6.07, 6.45) is 11.4. The summed E-state index contributed by atoms with van der Waals surface area (Å²) in [6, 6.07) is 0.328. The molecule has 1 fully saturated rings. The normalized spacial score (nSPS) is 17.8. The maximum atomic E-state index is 5.09. The number of aromatic nitrogens is 3. The van der Waals surface area contributed by atoms with Crippen LogP contribution < -0.4 is 15.1 Å². The molecule has 36 heavy (non-hydrogen) atoms. The number of nitrogens with zero attached hydrogens (tertiary/aromatic N) is 6. The van der Waals surface area contributed by atoms with E-state index in [0.29, 0.717) is 6.04 Å². The molecule has 208 valence electrons. The second kappa shape index (κ2) is 14.3. The number of rotatable bonds is 16. The van der Waals surface area contributed by atoms with Gasteiger partial charge in [-0.25, -0.2) is 0 Å². The molecule has 2 heterocycles. The molecular weight excluding hydrogens is 446 g/mol. The van der Waals surface area contributed by atoms with Crippen LogP contribution in [0.25, 0.3) is 0 Å². The quantitative estimate of drug-likeness (QED) is 0.268. The van der Waals surface area contributed by atoms with Crippen molar-refractivity contribution >= 4 is 17.8 Å². The fourth-order valence-corrected chi connectivity index (χ4v) is 5.38. The Morgan fingerprint density at radius 1 is 0.694 bits per heavy atom. The van der Waals surface area contributed by atoms with Crippen LogP contribution in [0.5, 0.6) is 0 Å². The zero-order chi connectivity index (χ0) is 26.8. The van der Waals surface area contributed by atoms with Crippen LogP contribution in [0.2, 0.25) is 0 Å². The largest absolute Gasteiger partial charge is 0.351 e. The molecule has 0 aliphatic carbocycles. The maximum Gasteiger partial charge on any atom is 0.231 e. The van der Waals surface area contributed by atoms with Gasteiger partial charge in [-0.1, -0.05) is 53.4 Å². The van der Waals surface area contributed by atoms with Gasteiger partial charge in [-0.05, 0) is 73.3 Å². The van der Waals surface area contributed by atoms with Crippen molar-refractivity contribution in [2.24, 2.45) is 0 Å². The van der Waals surface area contributed by atoms with E-state index >= 15 is 0 Å². The molecule has 0 unspecified atom stereocenters.